The molecule has 0 aliphatic carbocycles. The smallest absolute Gasteiger partial charge is 0.310 e. The van der Waals surface area contributed by atoms with Crippen LogP contribution in [0.5, 0.6) is 5.75 Å². The van der Waals surface area contributed by atoms with Crippen LogP contribution in [0.2, 0.25) is 0 Å². The topological polar surface area (TPSA) is 61.5 Å². The lowest BCUT2D eigenvalue weighted by Crippen LogP contribution is -2.09. The Morgan fingerprint density at radius 2 is 2.13 bits per heavy atom. The minimum Gasteiger partial charge on any atom is -0.495 e. The molecule has 0 amide bonds. The molecule has 0 aliphatic rings. The van der Waals surface area contributed by atoms with Gasteiger partial charge in [-0.3, -0.25) is 4.79 Å². The van der Waals surface area contributed by atoms with Gasteiger partial charge in [-0.25, -0.2) is 4.39 Å². The van der Waals surface area contributed by atoms with E-state index in [9.17, 15) is 9.18 Å². The number of carbonyl (C=O) groups excluding carboxylic acids is 1. The summed E-state index contributed by atoms with van der Waals surface area (Å²) in [5.74, 6) is -0.747. The van der Waals surface area contributed by atoms with Crippen molar-refractivity contribution in [2.24, 2.45) is 0 Å². The van der Waals surface area contributed by atoms with E-state index in [-0.39, 0.29) is 17.7 Å². The molecule has 2 N–H and O–H groups in total. The Morgan fingerprint density at radius 3 is 2.67 bits per heavy atom. The first-order chi connectivity index (χ1) is 7.10. The van der Waals surface area contributed by atoms with Crippen LogP contribution in [0.1, 0.15) is 5.56 Å². The molecule has 0 bridgehead atoms. The summed E-state index contributed by atoms with van der Waals surface area (Å²) in [6.45, 7) is 0. The number of nitrogen functional groups attached to an aromatic ring is 1. The molecule has 0 radical (unpaired) electrons. The van der Waals surface area contributed by atoms with Crippen LogP contribution in [0.25, 0.3) is 0 Å². The van der Waals surface area contributed by atoms with E-state index in [1.807, 2.05) is 0 Å². The Balaban J connectivity index is 3.09. The Morgan fingerprint density at radius 1 is 1.47 bits per heavy atom. The van der Waals surface area contributed by atoms with Crippen molar-refractivity contribution in [1.29, 1.82) is 0 Å². The summed E-state index contributed by atoms with van der Waals surface area (Å²) in [4.78, 5) is 11.0. The van der Waals surface area contributed by atoms with Gasteiger partial charge in [-0.15, -0.1) is 0 Å². The Hall–Kier alpha value is -1.78. The van der Waals surface area contributed by atoms with Crippen molar-refractivity contribution in [3.63, 3.8) is 0 Å². The van der Waals surface area contributed by atoms with Crippen molar-refractivity contribution in [3.8, 4) is 5.75 Å². The molecule has 0 aromatic heterocycles. The van der Waals surface area contributed by atoms with Gasteiger partial charge in [0.1, 0.15) is 11.6 Å². The average Bonchev–Trinajstić information content (AvgIpc) is 2.24. The minimum atomic E-state index is -0.547. The maximum absolute atomic E-state index is 13.3. The summed E-state index contributed by atoms with van der Waals surface area (Å²) < 4.78 is 22.7. The third kappa shape index (κ3) is 2.37. The summed E-state index contributed by atoms with van der Waals surface area (Å²) in [6, 6.07) is 2.61. The van der Waals surface area contributed by atoms with Gasteiger partial charge in [0.15, 0.2) is 0 Å². The Kier molecular flexibility index (Phi) is 3.49. The molecule has 1 aromatic carbocycles. The summed E-state index contributed by atoms with van der Waals surface area (Å²) in [5, 5.41) is 0. The molecule has 0 atom stereocenters. The zero-order valence-electron chi connectivity index (χ0n) is 8.54. The monoisotopic (exact) mass is 213 g/mol. The Bertz CT molecular complexity index is 379. The van der Waals surface area contributed by atoms with Gasteiger partial charge in [-0.05, 0) is 12.1 Å². The number of esters is 1. The van der Waals surface area contributed by atoms with Crippen LogP contribution in [-0.4, -0.2) is 20.2 Å². The minimum absolute atomic E-state index is 0.0983. The largest absolute Gasteiger partial charge is 0.495 e. The second kappa shape index (κ2) is 4.63. The second-order valence-corrected chi connectivity index (χ2v) is 2.89. The van der Waals surface area contributed by atoms with E-state index in [2.05, 4.69) is 4.74 Å². The predicted molar refractivity (Wildman–Crippen MR) is 53.1 cm³/mol. The van der Waals surface area contributed by atoms with E-state index in [0.717, 1.165) is 0 Å². The van der Waals surface area contributed by atoms with Crippen molar-refractivity contribution in [2.75, 3.05) is 20.0 Å². The molecule has 0 unspecified atom stereocenters. The third-order valence-corrected chi connectivity index (χ3v) is 2.03. The van der Waals surface area contributed by atoms with E-state index in [4.69, 9.17) is 10.5 Å². The first-order valence-corrected chi connectivity index (χ1v) is 4.27. The maximum Gasteiger partial charge on any atom is 0.310 e. The molecule has 0 spiro atoms. The highest BCUT2D eigenvalue weighted by molar-refractivity contribution is 5.76. The lowest BCUT2D eigenvalue weighted by Gasteiger charge is -2.10. The van der Waals surface area contributed by atoms with E-state index in [1.165, 1.54) is 26.4 Å². The molecule has 1 rings (SSSR count). The first kappa shape index (κ1) is 11.3. The van der Waals surface area contributed by atoms with Gasteiger partial charge in [0.25, 0.3) is 0 Å². The molecule has 15 heavy (non-hydrogen) atoms. The summed E-state index contributed by atoms with van der Waals surface area (Å²) in [5.41, 5.74) is 5.85. The second-order valence-electron chi connectivity index (χ2n) is 2.89. The number of halogens is 1. The van der Waals surface area contributed by atoms with Gasteiger partial charge in [0, 0.05) is 5.56 Å². The zero-order chi connectivity index (χ0) is 11.4. The zero-order valence-corrected chi connectivity index (χ0v) is 8.54. The van der Waals surface area contributed by atoms with Gasteiger partial charge in [-0.1, -0.05) is 0 Å². The van der Waals surface area contributed by atoms with Crippen molar-refractivity contribution in [1.82, 2.24) is 0 Å². The molecule has 0 heterocycles. The van der Waals surface area contributed by atoms with Crippen LogP contribution in [0.4, 0.5) is 10.1 Å². The highest BCUT2D eigenvalue weighted by atomic mass is 19.1. The van der Waals surface area contributed by atoms with Gasteiger partial charge >= 0.3 is 5.97 Å². The molecule has 0 aliphatic heterocycles. The van der Waals surface area contributed by atoms with Gasteiger partial charge in [-0.2, -0.15) is 0 Å². The van der Waals surface area contributed by atoms with Crippen molar-refractivity contribution in [3.05, 3.63) is 23.5 Å². The highest BCUT2D eigenvalue weighted by Crippen LogP contribution is 2.27. The van der Waals surface area contributed by atoms with Crippen LogP contribution in [-0.2, 0) is 16.0 Å². The quantitative estimate of drug-likeness (QED) is 0.604. The molecule has 82 valence electrons. The van der Waals surface area contributed by atoms with Gasteiger partial charge < -0.3 is 15.2 Å². The molecule has 1 aromatic rings. The van der Waals surface area contributed by atoms with Crippen LogP contribution in [0.15, 0.2) is 12.1 Å². The van der Waals surface area contributed by atoms with Crippen molar-refractivity contribution >= 4 is 11.7 Å². The van der Waals surface area contributed by atoms with Gasteiger partial charge in [0.2, 0.25) is 0 Å². The third-order valence-electron chi connectivity index (χ3n) is 2.03. The normalized spacial score (nSPS) is 9.80. The van der Waals surface area contributed by atoms with Crippen LogP contribution in [0.3, 0.4) is 0 Å². The molecule has 0 fully saturated rings. The fraction of sp³-hybridized carbons (Fsp3) is 0.300. The number of ether oxygens (including phenoxy) is 2. The Labute approximate surface area is 86.8 Å². The number of nitrogens with two attached hydrogens (primary N) is 1. The van der Waals surface area contributed by atoms with Crippen molar-refractivity contribution in [2.45, 2.75) is 6.42 Å². The van der Waals surface area contributed by atoms with Crippen molar-refractivity contribution < 1.29 is 18.7 Å². The lowest BCUT2D eigenvalue weighted by atomic mass is 10.1. The lowest BCUT2D eigenvalue weighted by molar-refractivity contribution is -0.139. The number of rotatable bonds is 3. The number of carbonyl (C=O) groups is 1. The summed E-state index contributed by atoms with van der Waals surface area (Å²) >= 11 is 0. The van der Waals surface area contributed by atoms with E-state index in [0.29, 0.717) is 5.75 Å². The average molecular weight is 213 g/mol. The fourth-order valence-corrected chi connectivity index (χ4v) is 1.19. The standard InChI is InChI=1S/C10H12FNO3/c1-14-8-4-3-7(11)6(10(8)12)5-9(13)15-2/h3-4H,5,12H2,1-2H3. The fourth-order valence-electron chi connectivity index (χ4n) is 1.19. The molecule has 0 saturated carbocycles. The van der Waals surface area contributed by atoms with E-state index in [1.54, 1.807) is 0 Å². The van der Waals surface area contributed by atoms with E-state index >= 15 is 0 Å². The molecule has 4 nitrogen and oxygen atoms in total. The molecule has 5 heteroatoms. The molecular weight excluding hydrogens is 201 g/mol. The van der Waals surface area contributed by atoms with Crippen LogP contribution >= 0.6 is 0 Å². The number of methoxy groups -OCH3 is 2. The van der Waals surface area contributed by atoms with Gasteiger partial charge in [0.05, 0.1) is 26.3 Å². The predicted octanol–water partition coefficient (Wildman–Crippen LogP) is 1.13. The number of anilines is 1. The first-order valence-electron chi connectivity index (χ1n) is 4.27. The summed E-state index contributed by atoms with van der Waals surface area (Å²) in [7, 11) is 2.65. The SMILES string of the molecule is COC(=O)Cc1c(F)ccc(OC)c1N. The van der Waals surface area contributed by atoms with Crippen LogP contribution in [0, 0.1) is 5.82 Å². The van der Waals surface area contributed by atoms with Crippen LogP contribution < -0.4 is 10.5 Å². The maximum atomic E-state index is 13.3. The number of hydrogen-bond acceptors (Lipinski definition) is 4. The van der Waals surface area contributed by atoms with E-state index < -0.39 is 11.8 Å². The highest BCUT2D eigenvalue weighted by Gasteiger charge is 2.15. The number of benzene rings is 1. The molecular formula is C10H12FNO3. The number of hydrogen-bond donors (Lipinski definition) is 1. The molecule has 0 saturated heterocycles. The summed E-state index contributed by atoms with van der Waals surface area (Å²) in [6.07, 6.45) is -0.203.